The van der Waals surface area contributed by atoms with Gasteiger partial charge in [-0.2, -0.15) is 0 Å². The maximum absolute atomic E-state index is 12.7. The molecule has 0 radical (unpaired) electrons. The van der Waals surface area contributed by atoms with Crippen LogP contribution in [0, 0.1) is 12.8 Å². The Balaban J connectivity index is 1.74. The summed E-state index contributed by atoms with van der Waals surface area (Å²) >= 11 is 0. The van der Waals surface area contributed by atoms with Crippen molar-refractivity contribution in [2.24, 2.45) is 11.7 Å². The predicted octanol–water partition coefficient (Wildman–Crippen LogP) is 3.24. The van der Waals surface area contributed by atoms with Crippen LogP contribution in [0.4, 0.5) is 11.4 Å². The lowest BCUT2D eigenvalue weighted by molar-refractivity contribution is -0.120. The minimum absolute atomic E-state index is 0.0105. The van der Waals surface area contributed by atoms with Crippen molar-refractivity contribution < 1.29 is 19.1 Å². The van der Waals surface area contributed by atoms with Gasteiger partial charge in [-0.1, -0.05) is 25.0 Å². The number of hydrogen-bond donors (Lipinski definition) is 3. The molecule has 0 unspecified atom stereocenters. The summed E-state index contributed by atoms with van der Waals surface area (Å²) in [4.78, 5) is 36.1. The van der Waals surface area contributed by atoms with E-state index in [1.807, 2.05) is 19.1 Å². The van der Waals surface area contributed by atoms with E-state index >= 15 is 0 Å². The Labute approximate surface area is 169 Å². The summed E-state index contributed by atoms with van der Waals surface area (Å²) in [5, 5.41) is 5.81. The molecule has 2 aromatic carbocycles. The van der Waals surface area contributed by atoms with E-state index < -0.39 is 5.91 Å². The zero-order valence-electron chi connectivity index (χ0n) is 16.4. The number of nitrogens with one attached hydrogen (secondary N) is 2. The number of anilines is 2. The number of aryl methyl sites for hydroxylation is 1. The third kappa shape index (κ3) is 5.57. The minimum atomic E-state index is -0.595. The summed E-state index contributed by atoms with van der Waals surface area (Å²) in [6.07, 6.45) is 3.95. The zero-order chi connectivity index (χ0) is 20.8. The van der Waals surface area contributed by atoms with E-state index in [1.165, 1.54) is 6.07 Å². The highest BCUT2D eigenvalue weighted by molar-refractivity contribution is 6.07. The Morgan fingerprint density at radius 1 is 1.03 bits per heavy atom. The van der Waals surface area contributed by atoms with E-state index in [-0.39, 0.29) is 24.3 Å². The second-order valence-electron chi connectivity index (χ2n) is 7.26. The molecular weight excluding hydrogens is 370 g/mol. The minimum Gasteiger partial charge on any atom is -0.484 e. The number of rotatable bonds is 7. The largest absolute Gasteiger partial charge is 0.484 e. The van der Waals surface area contributed by atoms with Gasteiger partial charge in [0.25, 0.3) is 11.8 Å². The molecule has 3 rings (SSSR count). The third-order valence-electron chi connectivity index (χ3n) is 4.88. The fourth-order valence-electron chi connectivity index (χ4n) is 3.37. The van der Waals surface area contributed by atoms with Crippen molar-refractivity contribution in [1.29, 1.82) is 0 Å². The molecule has 4 N–H and O–H groups in total. The third-order valence-corrected chi connectivity index (χ3v) is 4.88. The second kappa shape index (κ2) is 9.23. The summed E-state index contributed by atoms with van der Waals surface area (Å²) in [5.41, 5.74) is 7.50. The maximum atomic E-state index is 12.7. The van der Waals surface area contributed by atoms with Crippen molar-refractivity contribution in [2.75, 3.05) is 17.2 Å². The lowest BCUT2D eigenvalue weighted by atomic mass is 10.1. The Kier molecular flexibility index (Phi) is 6.49. The summed E-state index contributed by atoms with van der Waals surface area (Å²) in [7, 11) is 0. The molecule has 152 valence electrons. The van der Waals surface area contributed by atoms with E-state index in [0.717, 1.165) is 31.2 Å². The van der Waals surface area contributed by atoms with Crippen LogP contribution in [-0.4, -0.2) is 24.3 Å². The molecule has 1 aliphatic carbocycles. The van der Waals surface area contributed by atoms with Crippen molar-refractivity contribution in [3.05, 3.63) is 53.6 Å². The molecule has 7 nitrogen and oxygen atoms in total. The van der Waals surface area contributed by atoms with Crippen LogP contribution in [0.2, 0.25) is 0 Å². The first-order valence-electron chi connectivity index (χ1n) is 9.66. The van der Waals surface area contributed by atoms with Gasteiger partial charge in [0.05, 0.1) is 11.4 Å². The van der Waals surface area contributed by atoms with Crippen LogP contribution in [0.25, 0.3) is 0 Å². The average Bonchev–Trinajstić information content (AvgIpc) is 3.23. The highest BCUT2D eigenvalue weighted by atomic mass is 16.5. The van der Waals surface area contributed by atoms with E-state index in [9.17, 15) is 14.4 Å². The molecule has 0 atom stereocenters. The maximum Gasteiger partial charge on any atom is 0.255 e. The first-order chi connectivity index (χ1) is 13.9. The number of carbonyl (C=O) groups is 3. The number of primary amides is 1. The van der Waals surface area contributed by atoms with Gasteiger partial charge in [-0.05, 0) is 55.7 Å². The first kappa shape index (κ1) is 20.4. The molecule has 7 heteroatoms. The summed E-state index contributed by atoms with van der Waals surface area (Å²) in [6, 6.07) is 12.0. The van der Waals surface area contributed by atoms with E-state index in [0.29, 0.717) is 22.7 Å². The summed E-state index contributed by atoms with van der Waals surface area (Å²) in [6.45, 7) is 1.65. The van der Waals surface area contributed by atoms with Gasteiger partial charge in [-0.15, -0.1) is 0 Å². The molecule has 0 saturated heterocycles. The van der Waals surface area contributed by atoms with Gasteiger partial charge in [-0.3, -0.25) is 14.4 Å². The van der Waals surface area contributed by atoms with E-state index in [1.54, 1.807) is 24.3 Å². The molecule has 3 amide bonds. The van der Waals surface area contributed by atoms with Crippen molar-refractivity contribution in [3.63, 3.8) is 0 Å². The van der Waals surface area contributed by atoms with Crippen molar-refractivity contribution in [1.82, 2.24) is 0 Å². The smallest absolute Gasteiger partial charge is 0.255 e. The molecule has 1 fully saturated rings. The SMILES string of the molecule is Cc1ccc(NC(=O)C2CCCC2)c(NC(=O)c2cccc(OCC(N)=O)c2)c1. The van der Waals surface area contributed by atoms with Gasteiger partial charge in [0.1, 0.15) is 5.75 Å². The van der Waals surface area contributed by atoms with Crippen LogP contribution >= 0.6 is 0 Å². The molecule has 29 heavy (non-hydrogen) atoms. The molecule has 2 aromatic rings. The highest BCUT2D eigenvalue weighted by Crippen LogP contribution is 2.29. The lowest BCUT2D eigenvalue weighted by Gasteiger charge is -2.16. The van der Waals surface area contributed by atoms with Crippen LogP contribution in [0.3, 0.4) is 0 Å². The molecule has 0 aliphatic heterocycles. The van der Waals surface area contributed by atoms with Crippen molar-refractivity contribution in [2.45, 2.75) is 32.6 Å². The molecule has 0 spiro atoms. The van der Waals surface area contributed by atoms with E-state index in [2.05, 4.69) is 10.6 Å². The number of carbonyl (C=O) groups excluding carboxylic acids is 3. The van der Waals surface area contributed by atoms with Gasteiger partial charge in [-0.25, -0.2) is 0 Å². The van der Waals surface area contributed by atoms with Crippen LogP contribution in [0.15, 0.2) is 42.5 Å². The standard InChI is InChI=1S/C22H25N3O4/c1-14-9-10-18(24-21(27)15-5-2-3-6-15)19(11-14)25-22(28)16-7-4-8-17(12-16)29-13-20(23)26/h4,7-12,15H,2-3,5-6,13H2,1H3,(H2,23,26)(H,24,27)(H,25,28). The molecule has 0 aromatic heterocycles. The quantitative estimate of drug-likeness (QED) is 0.668. The number of nitrogens with two attached hydrogens (primary N) is 1. The monoisotopic (exact) mass is 395 g/mol. The van der Waals surface area contributed by atoms with Crippen LogP contribution in [0.1, 0.15) is 41.6 Å². The van der Waals surface area contributed by atoms with E-state index in [4.69, 9.17) is 10.5 Å². The second-order valence-corrected chi connectivity index (χ2v) is 7.26. The molecule has 0 heterocycles. The van der Waals surface area contributed by atoms with Crippen molar-refractivity contribution in [3.8, 4) is 5.75 Å². The summed E-state index contributed by atoms with van der Waals surface area (Å²) in [5.74, 6) is -0.558. The van der Waals surface area contributed by atoms with Gasteiger partial charge >= 0.3 is 0 Å². The van der Waals surface area contributed by atoms with Crippen LogP contribution < -0.4 is 21.1 Å². The molecular formula is C22H25N3O4. The van der Waals surface area contributed by atoms with Gasteiger partial charge in [0.2, 0.25) is 5.91 Å². The average molecular weight is 395 g/mol. The summed E-state index contributed by atoms with van der Waals surface area (Å²) < 4.78 is 5.25. The highest BCUT2D eigenvalue weighted by Gasteiger charge is 2.23. The molecule has 0 bridgehead atoms. The first-order valence-corrected chi connectivity index (χ1v) is 9.66. The fourth-order valence-corrected chi connectivity index (χ4v) is 3.37. The van der Waals surface area contributed by atoms with Crippen molar-refractivity contribution >= 4 is 29.1 Å². The lowest BCUT2D eigenvalue weighted by Crippen LogP contribution is -2.22. The Morgan fingerprint density at radius 3 is 2.52 bits per heavy atom. The van der Waals surface area contributed by atoms with Gasteiger partial charge < -0.3 is 21.1 Å². The van der Waals surface area contributed by atoms with Gasteiger partial charge in [0.15, 0.2) is 6.61 Å². The zero-order valence-corrected chi connectivity index (χ0v) is 16.4. The topological polar surface area (TPSA) is 111 Å². The number of benzene rings is 2. The number of amides is 3. The Bertz CT molecular complexity index is 920. The Morgan fingerprint density at radius 2 is 1.79 bits per heavy atom. The molecule has 1 aliphatic rings. The normalized spacial score (nSPS) is 13.7. The molecule has 1 saturated carbocycles. The number of ether oxygens (including phenoxy) is 1. The number of hydrogen-bond acceptors (Lipinski definition) is 4. The predicted molar refractivity (Wildman–Crippen MR) is 111 cm³/mol. The fraction of sp³-hybridized carbons (Fsp3) is 0.318. The van der Waals surface area contributed by atoms with Crippen LogP contribution in [0.5, 0.6) is 5.75 Å². The van der Waals surface area contributed by atoms with Crippen LogP contribution in [-0.2, 0) is 9.59 Å². The van der Waals surface area contributed by atoms with Gasteiger partial charge in [0, 0.05) is 11.5 Å². The Hall–Kier alpha value is -3.35.